The third-order valence-corrected chi connectivity index (χ3v) is 2.57. The Morgan fingerprint density at radius 2 is 2.06 bits per heavy atom. The zero-order chi connectivity index (χ0) is 12.0. The van der Waals surface area contributed by atoms with Gasteiger partial charge in [0.05, 0.1) is 0 Å². The molecular weight excluding hydrogens is 224 g/mol. The van der Waals surface area contributed by atoms with Gasteiger partial charge in [-0.05, 0) is 31.0 Å². The molecule has 1 unspecified atom stereocenters. The number of benzene rings is 1. The van der Waals surface area contributed by atoms with Crippen LogP contribution in [0.2, 0.25) is 5.02 Å². The van der Waals surface area contributed by atoms with Crippen molar-refractivity contribution >= 4 is 17.5 Å². The van der Waals surface area contributed by atoms with Crippen molar-refractivity contribution in [1.29, 1.82) is 0 Å². The number of carbonyl (C=O) groups excluding carboxylic acids is 1. The van der Waals surface area contributed by atoms with Crippen LogP contribution in [0.4, 0.5) is 0 Å². The Hall–Kier alpha value is -1.06. The molecule has 4 heteroatoms. The van der Waals surface area contributed by atoms with E-state index in [1.165, 1.54) is 0 Å². The summed E-state index contributed by atoms with van der Waals surface area (Å²) >= 11 is 5.77. The van der Waals surface area contributed by atoms with Crippen LogP contribution in [0.15, 0.2) is 24.3 Å². The van der Waals surface area contributed by atoms with E-state index in [4.69, 9.17) is 17.3 Å². The molecule has 0 bridgehead atoms. The highest BCUT2D eigenvalue weighted by atomic mass is 35.5. The number of nitrogens with one attached hydrogen (secondary N) is 1. The van der Waals surface area contributed by atoms with E-state index in [0.717, 1.165) is 12.0 Å². The summed E-state index contributed by atoms with van der Waals surface area (Å²) < 4.78 is 0. The summed E-state index contributed by atoms with van der Waals surface area (Å²) in [6, 6.07) is 7.57. The van der Waals surface area contributed by atoms with Crippen LogP contribution in [0, 0.1) is 0 Å². The van der Waals surface area contributed by atoms with Crippen molar-refractivity contribution in [3.8, 4) is 0 Å². The van der Waals surface area contributed by atoms with E-state index in [9.17, 15) is 4.79 Å². The number of halogens is 1. The molecule has 0 aliphatic rings. The van der Waals surface area contributed by atoms with Crippen LogP contribution in [0.5, 0.6) is 0 Å². The lowest BCUT2D eigenvalue weighted by Crippen LogP contribution is -2.37. The molecule has 0 spiro atoms. The first-order chi connectivity index (χ1) is 7.61. The number of amides is 1. The van der Waals surface area contributed by atoms with Crippen molar-refractivity contribution in [3.05, 3.63) is 34.9 Å². The van der Waals surface area contributed by atoms with Gasteiger partial charge in [-0.3, -0.25) is 4.79 Å². The highest BCUT2D eigenvalue weighted by molar-refractivity contribution is 6.30. The topological polar surface area (TPSA) is 55.1 Å². The molecule has 3 N–H and O–H groups in total. The van der Waals surface area contributed by atoms with Crippen molar-refractivity contribution in [1.82, 2.24) is 5.32 Å². The number of carbonyl (C=O) groups is 1. The fourth-order valence-electron chi connectivity index (χ4n) is 1.31. The smallest absolute Gasteiger partial charge is 0.220 e. The number of hydrogen-bond donors (Lipinski definition) is 2. The predicted molar refractivity (Wildman–Crippen MR) is 66.4 cm³/mol. The molecule has 1 aromatic rings. The van der Waals surface area contributed by atoms with E-state index in [2.05, 4.69) is 5.32 Å². The van der Waals surface area contributed by atoms with Gasteiger partial charge >= 0.3 is 0 Å². The van der Waals surface area contributed by atoms with Gasteiger partial charge in [-0.2, -0.15) is 0 Å². The summed E-state index contributed by atoms with van der Waals surface area (Å²) in [4.78, 5) is 11.5. The maximum absolute atomic E-state index is 11.5. The zero-order valence-electron chi connectivity index (χ0n) is 9.37. The van der Waals surface area contributed by atoms with Crippen molar-refractivity contribution in [2.45, 2.75) is 25.8 Å². The summed E-state index contributed by atoms with van der Waals surface area (Å²) in [5.41, 5.74) is 6.53. The molecule has 0 aromatic heterocycles. The molecule has 3 nitrogen and oxygen atoms in total. The normalized spacial score (nSPS) is 12.2. The van der Waals surface area contributed by atoms with Crippen molar-refractivity contribution < 1.29 is 4.79 Å². The van der Waals surface area contributed by atoms with Crippen LogP contribution in [0.25, 0.3) is 0 Å². The van der Waals surface area contributed by atoms with Gasteiger partial charge in [-0.15, -0.1) is 0 Å². The lowest BCUT2D eigenvalue weighted by Gasteiger charge is -2.10. The van der Waals surface area contributed by atoms with E-state index in [-0.39, 0.29) is 11.9 Å². The second kappa shape index (κ2) is 6.51. The molecule has 1 atom stereocenters. The Morgan fingerprint density at radius 1 is 1.44 bits per heavy atom. The lowest BCUT2D eigenvalue weighted by molar-refractivity contribution is -0.121. The fourth-order valence-corrected chi connectivity index (χ4v) is 1.44. The van der Waals surface area contributed by atoms with Gasteiger partial charge in [-0.25, -0.2) is 0 Å². The molecule has 0 aliphatic heterocycles. The Labute approximate surface area is 101 Å². The molecule has 0 saturated heterocycles. The minimum absolute atomic E-state index is 0.0351. The van der Waals surface area contributed by atoms with E-state index in [0.29, 0.717) is 18.0 Å². The van der Waals surface area contributed by atoms with Gasteiger partial charge in [0, 0.05) is 24.0 Å². The quantitative estimate of drug-likeness (QED) is 0.824. The molecule has 88 valence electrons. The largest absolute Gasteiger partial charge is 0.352 e. The van der Waals surface area contributed by atoms with Gasteiger partial charge in [0.15, 0.2) is 0 Å². The van der Waals surface area contributed by atoms with Crippen molar-refractivity contribution in [2.24, 2.45) is 5.73 Å². The van der Waals surface area contributed by atoms with E-state index < -0.39 is 0 Å². The summed E-state index contributed by atoms with van der Waals surface area (Å²) in [7, 11) is 0. The van der Waals surface area contributed by atoms with E-state index in [1.54, 1.807) is 0 Å². The van der Waals surface area contributed by atoms with Crippen LogP contribution in [0.3, 0.4) is 0 Å². The average molecular weight is 241 g/mol. The Balaban J connectivity index is 2.34. The first-order valence-corrected chi connectivity index (χ1v) is 5.73. The van der Waals surface area contributed by atoms with Gasteiger partial charge in [-0.1, -0.05) is 23.7 Å². The maximum atomic E-state index is 11.5. The molecule has 1 amide bonds. The Bertz CT molecular complexity index is 337. The van der Waals surface area contributed by atoms with Crippen LogP contribution in [-0.4, -0.2) is 18.5 Å². The van der Waals surface area contributed by atoms with Gasteiger partial charge in [0.1, 0.15) is 0 Å². The first kappa shape index (κ1) is 13.0. The summed E-state index contributed by atoms with van der Waals surface area (Å²) in [5.74, 6) is 0.0351. The SMILES string of the molecule is CC(CN)NC(=O)CCc1ccc(Cl)cc1. The third-order valence-electron chi connectivity index (χ3n) is 2.31. The molecule has 0 aliphatic carbocycles. The molecule has 1 rings (SSSR count). The van der Waals surface area contributed by atoms with Crippen molar-refractivity contribution in [3.63, 3.8) is 0 Å². The number of nitrogens with two attached hydrogens (primary N) is 1. The van der Waals surface area contributed by atoms with Crippen LogP contribution in [0.1, 0.15) is 18.9 Å². The third kappa shape index (κ3) is 4.64. The molecular formula is C12H17ClN2O. The molecule has 16 heavy (non-hydrogen) atoms. The molecule has 0 saturated carbocycles. The predicted octanol–water partition coefficient (Wildman–Crippen LogP) is 1.74. The summed E-state index contributed by atoms with van der Waals surface area (Å²) in [6.07, 6.45) is 1.20. The van der Waals surface area contributed by atoms with Gasteiger partial charge < -0.3 is 11.1 Å². The number of rotatable bonds is 5. The van der Waals surface area contributed by atoms with E-state index in [1.807, 2.05) is 31.2 Å². The first-order valence-electron chi connectivity index (χ1n) is 5.35. The van der Waals surface area contributed by atoms with Crippen LogP contribution in [-0.2, 0) is 11.2 Å². The Kier molecular flexibility index (Phi) is 5.29. The number of hydrogen-bond acceptors (Lipinski definition) is 2. The lowest BCUT2D eigenvalue weighted by atomic mass is 10.1. The highest BCUT2D eigenvalue weighted by Gasteiger charge is 2.05. The number of aryl methyl sites for hydroxylation is 1. The minimum atomic E-state index is 0.0351. The highest BCUT2D eigenvalue weighted by Crippen LogP contribution is 2.10. The van der Waals surface area contributed by atoms with Crippen molar-refractivity contribution in [2.75, 3.05) is 6.54 Å². The minimum Gasteiger partial charge on any atom is -0.352 e. The second-order valence-corrected chi connectivity index (χ2v) is 4.27. The van der Waals surface area contributed by atoms with Gasteiger partial charge in [0.25, 0.3) is 0 Å². The molecule has 1 aromatic carbocycles. The summed E-state index contributed by atoms with van der Waals surface area (Å²) in [6.45, 7) is 2.35. The Morgan fingerprint density at radius 3 is 2.62 bits per heavy atom. The van der Waals surface area contributed by atoms with Crippen LogP contribution < -0.4 is 11.1 Å². The molecule has 0 heterocycles. The van der Waals surface area contributed by atoms with Crippen LogP contribution >= 0.6 is 11.6 Å². The molecule has 0 fully saturated rings. The zero-order valence-corrected chi connectivity index (χ0v) is 10.1. The fraction of sp³-hybridized carbons (Fsp3) is 0.417. The summed E-state index contributed by atoms with van der Waals surface area (Å²) in [5, 5.41) is 3.53. The monoisotopic (exact) mass is 240 g/mol. The van der Waals surface area contributed by atoms with E-state index >= 15 is 0 Å². The standard InChI is InChI=1S/C12H17ClN2O/c1-9(8-14)15-12(16)7-4-10-2-5-11(13)6-3-10/h2-3,5-6,9H,4,7-8,14H2,1H3,(H,15,16). The van der Waals surface area contributed by atoms with Gasteiger partial charge in [0.2, 0.25) is 5.91 Å². The maximum Gasteiger partial charge on any atom is 0.220 e. The second-order valence-electron chi connectivity index (χ2n) is 3.83. The molecule has 0 radical (unpaired) electrons. The average Bonchev–Trinajstić information content (AvgIpc) is 2.28.